The van der Waals surface area contributed by atoms with Crippen molar-refractivity contribution in [1.82, 2.24) is 10.2 Å². The third-order valence-electron chi connectivity index (χ3n) is 3.63. The highest BCUT2D eigenvalue weighted by Crippen LogP contribution is 2.16. The van der Waals surface area contributed by atoms with E-state index < -0.39 is 11.5 Å². The SMILES string of the molecule is CCCOC1CCCN(C(=O)NC(C)(C)CCC(=O)O)C1. The topological polar surface area (TPSA) is 78.9 Å². The molecule has 0 aromatic carbocycles. The number of carboxylic acids is 1. The molecule has 1 fully saturated rings. The second-order valence-electron chi connectivity index (χ2n) is 6.29. The average molecular weight is 300 g/mol. The van der Waals surface area contributed by atoms with Gasteiger partial charge in [-0.2, -0.15) is 0 Å². The molecule has 1 saturated heterocycles. The number of aliphatic carboxylic acids is 1. The number of likely N-dealkylation sites (tertiary alicyclic amines) is 1. The van der Waals surface area contributed by atoms with E-state index in [1.54, 1.807) is 4.90 Å². The third-order valence-corrected chi connectivity index (χ3v) is 3.63. The Kier molecular flexibility index (Phi) is 6.95. The van der Waals surface area contributed by atoms with Gasteiger partial charge in [-0.15, -0.1) is 0 Å². The fourth-order valence-electron chi connectivity index (χ4n) is 2.39. The molecule has 122 valence electrons. The van der Waals surface area contributed by atoms with Gasteiger partial charge in [0, 0.05) is 31.7 Å². The first-order chi connectivity index (χ1) is 9.84. The van der Waals surface area contributed by atoms with Crippen molar-refractivity contribution in [2.24, 2.45) is 0 Å². The van der Waals surface area contributed by atoms with Crippen molar-refractivity contribution in [2.75, 3.05) is 19.7 Å². The van der Waals surface area contributed by atoms with Gasteiger partial charge in [0.2, 0.25) is 0 Å². The van der Waals surface area contributed by atoms with Crippen molar-refractivity contribution >= 4 is 12.0 Å². The van der Waals surface area contributed by atoms with Crippen molar-refractivity contribution in [2.45, 2.75) is 64.5 Å². The minimum absolute atomic E-state index is 0.0511. The molecule has 0 saturated carbocycles. The van der Waals surface area contributed by atoms with Crippen LogP contribution in [0.5, 0.6) is 0 Å². The average Bonchev–Trinajstić information content (AvgIpc) is 2.43. The summed E-state index contributed by atoms with van der Waals surface area (Å²) in [5, 5.41) is 11.7. The number of nitrogens with zero attached hydrogens (tertiary/aromatic N) is 1. The molecule has 1 unspecified atom stereocenters. The van der Waals surface area contributed by atoms with Gasteiger partial charge in [0.15, 0.2) is 0 Å². The predicted molar refractivity (Wildman–Crippen MR) is 80.3 cm³/mol. The Balaban J connectivity index is 2.44. The van der Waals surface area contributed by atoms with Crippen LogP contribution in [-0.2, 0) is 9.53 Å². The first-order valence-corrected chi connectivity index (χ1v) is 7.74. The van der Waals surface area contributed by atoms with Crippen LogP contribution >= 0.6 is 0 Å². The maximum atomic E-state index is 12.3. The molecule has 2 amide bonds. The van der Waals surface area contributed by atoms with E-state index in [4.69, 9.17) is 9.84 Å². The van der Waals surface area contributed by atoms with Gasteiger partial charge < -0.3 is 20.1 Å². The Morgan fingerprint density at radius 3 is 2.76 bits per heavy atom. The lowest BCUT2D eigenvalue weighted by molar-refractivity contribution is -0.137. The number of carbonyl (C=O) groups excluding carboxylic acids is 1. The van der Waals surface area contributed by atoms with Gasteiger partial charge in [-0.25, -0.2) is 4.79 Å². The third kappa shape index (κ3) is 6.80. The summed E-state index contributed by atoms with van der Waals surface area (Å²) in [5.74, 6) is -0.844. The molecule has 1 aliphatic rings. The van der Waals surface area contributed by atoms with Crippen molar-refractivity contribution in [3.63, 3.8) is 0 Å². The fourth-order valence-corrected chi connectivity index (χ4v) is 2.39. The molecule has 6 heteroatoms. The fraction of sp³-hybridized carbons (Fsp3) is 0.867. The minimum atomic E-state index is -0.844. The molecule has 0 radical (unpaired) electrons. The van der Waals surface area contributed by atoms with Gasteiger partial charge >= 0.3 is 12.0 Å². The molecule has 1 aliphatic heterocycles. The van der Waals surface area contributed by atoms with E-state index in [0.29, 0.717) is 13.0 Å². The largest absolute Gasteiger partial charge is 0.481 e. The highest BCUT2D eigenvalue weighted by atomic mass is 16.5. The number of urea groups is 1. The van der Waals surface area contributed by atoms with Crippen molar-refractivity contribution < 1.29 is 19.4 Å². The zero-order valence-corrected chi connectivity index (χ0v) is 13.4. The molecular weight excluding hydrogens is 272 g/mol. The van der Waals surface area contributed by atoms with Gasteiger partial charge in [-0.05, 0) is 39.5 Å². The number of rotatable bonds is 7. The van der Waals surface area contributed by atoms with Crippen molar-refractivity contribution in [1.29, 1.82) is 0 Å². The van der Waals surface area contributed by atoms with Crippen LogP contribution in [0.3, 0.4) is 0 Å². The first kappa shape index (κ1) is 17.8. The van der Waals surface area contributed by atoms with Crippen LogP contribution in [0.15, 0.2) is 0 Å². The molecule has 0 spiro atoms. The highest BCUT2D eigenvalue weighted by Gasteiger charge is 2.28. The summed E-state index contributed by atoms with van der Waals surface area (Å²) >= 11 is 0. The zero-order chi connectivity index (χ0) is 15.9. The lowest BCUT2D eigenvalue weighted by Gasteiger charge is -2.35. The quantitative estimate of drug-likeness (QED) is 0.755. The van der Waals surface area contributed by atoms with E-state index in [-0.39, 0.29) is 18.6 Å². The van der Waals surface area contributed by atoms with Crippen molar-refractivity contribution in [3.8, 4) is 0 Å². The molecule has 6 nitrogen and oxygen atoms in total. The van der Waals surface area contributed by atoms with Gasteiger partial charge in [0.05, 0.1) is 6.10 Å². The first-order valence-electron chi connectivity index (χ1n) is 7.74. The lowest BCUT2D eigenvalue weighted by atomic mass is 9.98. The van der Waals surface area contributed by atoms with E-state index >= 15 is 0 Å². The molecule has 1 rings (SSSR count). The van der Waals surface area contributed by atoms with Crippen LogP contribution in [0.1, 0.15) is 52.9 Å². The van der Waals surface area contributed by atoms with E-state index in [2.05, 4.69) is 12.2 Å². The number of amides is 2. The van der Waals surface area contributed by atoms with Gasteiger partial charge in [-0.1, -0.05) is 6.92 Å². The number of hydrogen-bond acceptors (Lipinski definition) is 3. The normalized spacial score (nSPS) is 19.4. The van der Waals surface area contributed by atoms with Gasteiger partial charge in [0.25, 0.3) is 0 Å². The molecule has 0 aromatic heterocycles. The Bertz CT molecular complexity index is 358. The molecule has 2 N–H and O–H groups in total. The number of nitrogens with one attached hydrogen (secondary N) is 1. The highest BCUT2D eigenvalue weighted by molar-refractivity contribution is 5.75. The Morgan fingerprint density at radius 2 is 2.14 bits per heavy atom. The lowest BCUT2D eigenvalue weighted by Crippen LogP contribution is -2.53. The van der Waals surface area contributed by atoms with Gasteiger partial charge in [-0.3, -0.25) is 4.79 Å². The standard InChI is InChI=1S/C15H28N2O4/c1-4-10-21-12-6-5-9-17(11-12)14(20)16-15(2,3)8-7-13(18)19/h12H,4-11H2,1-3H3,(H,16,20)(H,18,19). The van der Waals surface area contributed by atoms with Crippen LogP contribution in [0.2, 0.25) is 0 Å². The number of ether oxygens (including phenoxy) is 1. The summed E-state index contributed by atoms with van der Waals surface area (Å²) in [6.07, 6.45) is 3.49. The monoisotopic (exact) mass is 300 g/mol. The van der Waals surface area contributed by atoms with Crippen molar-refractivity contribution in [3.05, 3.63) is 0 Å². The van der Waals surface area contributed by atoms with Crippen LogP contribution in [0.25, 0.3) is 0 Å². The smallest absolute Gasteiger partial charge is 0.317 e. The molecule has 0 aromatic rings. The minimum Gasteiger partial charge on any atom is -0.481 e. The number of carboxylic acid groups (broad SMARTS) is 1. The number of carbonyl (C=O) groups is 2. The van der Waals surface area contributed by atoms with Crippen LogP contribution in [0.4, 0.5) is 4.79 Å². The summed E-state index contributed by atoms with van der Waals surface area (Å²) in [5.41, 5.74) is -0.521. The van der Waals surface area contributed by atoms with Gasteiger partial charge in [0.1, 0.15) is 0 Å². The van der Waals surface area contributed by atoms with Crippen LogP contribution in [0, 0.1) is 0 Å². The molecule has 1 atom stereocenters. The second-order valence-corrected chi connectivity index (χ2v) is 6.29. The maximum absolute atomic E-state index is 12.3. The summed E-state index contributed by atoms with van der Waals surface area (Å²) in [4.78, 5) is 24.7. The molecule has 0 bridgehead atoms. The van der Waals surface area contributed by atoms with Crippen LogP contribution < -0.4 is 5.32 Å². The van der Waals surface area contributed by atoms with E-state index in [1.807, 2.05) is 13.8 Å². The Morgan fingerprint density at radius 1 is 1.43 bits per heavy atom. The molecule has 0 aliphatic carbocycles. The maximum Gasteiger partial charge on any atom is 0.317 e. The predicted octanol–water partition coefficient (Wildman–Crippen LogP) is 2.23. The summed E-state index contributed by atoms with van der Waals surface area (Å²) in [7, 11) is 0. The summed E-state index contributed by atoms with van der Waals surface area (Å²) in [6.45, 7) is 7.84. The number of hydrogen-bond donors (Lipinski definition) is 2. The summed E-state index contributed by atoms with van der Waals surface area (Å²) < 4.78 is 5.72. The van der Waals surface area contributed by atoms with E-state index in [0.717, 1.165) is 32.4 Å². The number of piperidine rings is 1. The molecular formula is C15H28N2O4. The van der Waals surface area contributed by atoms with E-state index in [1.165, 1.54) is 0 Å². The second kappa shape index (κ2) is 8.22. The Hall–Kier alpha value is -1.30. The molecule has 1 heterocycles. The molecule has 21 heavy (non-hydrogen) atoms. The summed E-state index contributed by atoms with van der Waals surface area (Å²) in [6, 6.07) is -0.129. The van der Waals surface area contributed by atoms with Crippen LogP contribution in [-0.4, -0.2) is 53.3 Å². The van der Waals surface area contributed by atoms with E-state index in [9.17, 15) is 9.59 Å². The Labute approximate surface area is 126 Å². The zero-order valence-electron chi connectivity index (χ0n) is 13.4.